The van der Waals surface area contributed by atoms with Gasteiger partial charge in [0.1, 0.15) is 11.6 Å². The normalized spacial score (nSPS) is 11.3. The van der Waals surface area contributed by atoms with Crippen molar-refractivity contribution in [3.63, 3.8) is 0 Å². The number of nitrogens with zero attached hydrogens (tertiary/aromatic N) is 4. The van der Waals surface area contributed by atoms with Gasteiger partial charge in [0.25, 0.3) is 0 Å². The lowest BCUT2D eigenvalue weighted by molar-refractivity contribution is 0.539. The van der Waals surface area contributed by atoms with E-state index in [0.717, 1.165) is 31.2 Å². The third kappa shape index (κ3) is 3.20. The van der Waals surface area contributed by atoms with Crippen molar-refractivity contribution in [2.24, 2.45) is 7.05 Å². The lowest BCUT2D eigenvalue weighted by Gasteiger charge is -2.10. The summed E-state index contributed by atoms with van der Waals surface area (Å²) in [5.41, 5.74) is 0. The third-order valence-corrected chi connectivity index (χ3v) is 2.97. The van der Waals surface area contributed by atoms with Gasteiger partial charge >= 0.3 is 0 Å². The Hall–Kier alpha value is -1.62. The fourth-order valence-electron chi connectivity index (χ4n) is 1.86. The maximum atomic E-state index is 4.38. The molecule has 0 aliphatic heterocycles. The number of rotatable bonds is 6. The molecule has 0 aromatic carbocycles. The molecule has 0 bridgehead atoms. The van der Waals surface area contributed by atoms with Crippen LogP contribution in [0.5, 0.6) is 0 Å². The summed E-state index contributed by atoms with van der Waals surface area (Å²) < 4.78 is 4.24. The van der Waals surface area contributed by atoms with E-state index in [1.165, 1.54) is 0 Å². The molecule has 0 spiro atoms. The summed E-state index contributed by atoms with van der Waals surface area (Å²) in [6.07, 6.45) is 8.62. The topological polar surface area (TPSA) is 47.7 Å². The molecule has 2 heterocycles. The van der Waals surface area contributed by atoms with Gasteiger partial charge in [-0.1, -0.05) is 13.8 Å². The van der Waals surface area contributed by atoms with E-state index >= 15 is 0 Å². The minimum absolute atomic E-state index is 0.477. The van der Waals surface area contributed by atoms with Crippen molar-refractivity contribution in [2.45, 2.75) is 39.4 Å². The Kier molecular flexibility index (Phi) is 4.15. The first-order chi connectivity index (χ1) is 8.66. The van der Waals surface area contributed by atoms with Gasteiger partial charge in [-0.05, 0) is 0 Å². The standard InChI is InChI=1S/C13H21N5/c1-11(2)16-10-13-15-6-9-18(13)7-4-12-14-5-8-17(12)3/h5-6,8-9,11,16H,4,7,10H2,1-3H3. The maximum Gasteiger partial charge on any atom is 0.122 e. The molecule has 0 saturated carbocycles. The minimum Gasteiger partial charge on any atom is -0.338 e. The van der Waals surface area contributed by atoms with E-state index in [1.54, 1.807) is 0 Å². The molecule has 18 heavy (non-hydrogen) atoms. The zero-order valence-corrected chi connectivity index (χ0v) is 11.3. The Bertz CT molecular complexity index is 483. The molecule has 0 atom stereocenters. The fraction of sp³-hybridized carbons (Fsp3) is 0.538. The zero-order chi connectivity index (χ0) is 13.0. The van der Waals surface area contributed by atoms with Gasteiger partial charge in [0.2, 0.25) is 0 Å². The van der Waals surface area contributed by atoms with Crippen molar-refractivity contribution < 1.29 is 0 Å². The van der Waals surface area contributed by atoms with Crippen LogP contribution in [0.1, 0.15) is 25.5 Å². The van der Waals surface area contributed by atoms with Gasteiger partial charge in [-0.2, -0.15) is 0 Å². The van der Waals surface area contributed by atoms with Gasteiger partial charge in [-0.15, -0.1) is 0 Å². The van der Waals surface area contributed by atoms with Crippen molar-refractivity contribution in [3.8, 4) is 0 Å². The molecule has 0 fully saturated rings. The highest BCUT2D eigenvalue weighted by Gasteiger charge is 2.05. The number of hydrogen-bond acceptors (Lipinski definition) is 3. The van der Waals surface area contributed by atoms with Crippen LogP contribution >= 0.6 is 0 Å². The Morgan fingerprint density at radius 1 is 1.17 bits per heavy atom. The maximum absolute atomic E-state index is 4.38. The van der Waals surface area contributed by atoms with E-state index in [9.17, 15) is 0 Å². The van der Waals surface area contributed by atoms with Crippen LogP contribution in [0.25, 0.3) is 0 Å². The fourth-order valence-corrected chi connectivity index (χ4v) is 1.86. The van der Waals surface area contributed by atoms with E-state index < -0.39 is 0 Å². The Morgan fingerprint density at radius 3 is 2.56 bits per heavy atom. The molecular formula is C13H21N5. The van der Waals surface area contributed by atoms with Crippen LogP contribution in [-0.2, 0) is 26.6 Å². The lowest BCUT2D eigenvalue weighted by Crippen LogP contribution is -2.24. The third-order valence-electron chi connectivity index (χ3n) is 2.97. The van der Waals surface area contributed by atoms with Gasteiger partial charge in [-0.3, -0.25) is 0 Å². The SMILES string of the molecule is CC(C)NCc1nccn1CCc1nccn1C. The molecule has 5 nitrogen and oxygen atoms in total. The summed E-state index contributed by atoms with van der Waals surface area (Å²) >= 11 is 0. The van der Waals surface area contributed by atoms with E-state index in [4.69, 9.17) is 0 Å². The van der Waals surface area contributed by atoms with Crippen LogP contribution in [-0.4, -0.2) is 25.1 Å². The molecule has 0 saturated heterocycles. The zero-order valence-electron chi connectivity index (χ0n) is 11.3. The summed E-state index contributed by atoms with van der Waals surface area (Å²) in [4.78, 5) is 8.72. The van der Waals surface area contributed by atoms with E-state index in [-0.39, 0.29) is 0 Å². The molecule has 2 aromatic heterocycles. The molecule has 1 N–H and O–H groups in total. The van der Waals surface area contributed by atoms with Gasteiger partial charge in [0.15, 0.2) is 0 Å². The molecule has 0 amide bonds. The second-order valence-electron chi connectivity index (χ2n) is 4.78. The molecular weight excluding hydrogens is 226 g/mol. The molecule has 98 valence electrons. The quantitative estimate of drug-likeness (QED) is 0.838. The summed E-state index contributed by atoms with van der Waals surface area (Å²) in [6.45, 7) is 6.01. The van der Waals surface area contributed by atoms with Gasteiger partial charge < -0.3 is 14.5 Å². The van der Waals surface area contributed by atoms with Crippen molar-refractivity contribution in [3.05, 3.63) is 36.4 Å². The first kappa shape index (κ1) is 12.8. The molecule has 2 rings (SSSR count). The smallest absolute Gasteiger partial charge is 0.122 e. The average molecular weight is 247 g/mol. The predicted molar refractivity (Wildman–Crippen MR) is 71.1 cm³/mol. The number of nitrogens with one attached hydrogen (secondary N) is 1. The Labute approximate surface area is 108 Å². The van der Waals surface area contributed by atoms with Crippen molar-refractivity contribution in [2.75, 3.05) is 0 Å². The van der Waals surface area contributed by atoms with E-state index in [2.05, 4.69) is 38.3 Å². The first-order valence-corrected chi connectivity index (χ1v) is 6.36. The average Bonchev–Trinajstić information content (AvgIpc) is 2.92. The first-order valence-electron chi connectivity index (χ1n) is 6.36. The lowest BCUT2D eigenvalue weighted by atomic mass is 10.3. The second kappa shape index (κ2) is 5.82. The highest BCUT2D eigenvalue weighted by molar-refractivity contribution is 4.95. The Balaban J connectivity index is 1.93. The number of hydrogen-bond donors (Lipinski definition) is 1. The van der Waals surface area contributed by atoms with Crippen LogP contribution in [0.4, 0.5) is 0 Å². The minimum atomic E-state index is 0.477. The van der Waals surface area contributed by atoms with Gasteiger partial charge in [0, 0.05) is 50.8 Å². The van der Waals surface area contributed by atoms with Crippen molar-refractivity contribution >= 4 is 0 Å². The second-order valence-corrected chi connectivity index (χ2v) is 4.78. The molecule has 2 aromatic rings. The predicted octanol–water partition coefficient (Wildman–Crippen LogP) is 1.36. The van der Waals surface area contributed by atoms with Crippen LogP contribution in [0.3, 0.4) is 0 Å². The molecule has 0 unspecified atom stereocenters. The molecule has 5 heteroatoms. The van der Waals surface area contributed by atoms with E-state index in [1.807, 2.05) is 31.8 Å². The highest BCUT2D eigenvalue weighted by atomic mass is 15.1. The summed E-state index contributed by atoms with van der Waals surface area (Å²) in [5, 5.41) is 3.39. The van der Waals surface area contributed by atoms with Crippen LogP contribution in [0, 0.1) is 0 Å². The number of aromatic nitrogens is 4. The summed E-state index contributed by atoms with van der Waals surface area (Å²) in [6, 6.07) is 0.477. The molecule has 0 aliphatic carbocycles. The van der Waals surface area contributed by atoms with Gasteiger partial charge in [0.05, 0.1) is 6.54 Å². The summed E-state index contributed by atoms with van der Waals surface area (Å²) in [5.74, 6) is 2.18. The summed E-state index contributed by atoms with van der Waals surface area (Å²) in [7, 11) is 2.03. The number of aryl methyl sites for hydroxylation is 3. The van der Waals surface area contributed by atoms with Crippen LogP contribution in [0.2, 0.25) is 0 Å². The van der Waals surface area contributed by atoms with Crippen molar-refractivity contribution in [1.29, 1.82) is 0 Å². The van der Waals surface area contributed by atoms with Crippen LogP contribution < -0.4 is 5.32 Å². The van der Waals surface area contributed by atoms with Crippen LogP contribution in [0.15, 0.2) is 24.8 Å². The van der Waals surface area contributed by atoms with Gasteiger partial charge in [-0.25, -0.2) is 9.97 Å². The van der Waals surface area contributed by atoms with E-state index in [0.29, 0.717) is 6.04 Å². The highest BCUT2D eigenvalue weighted by Crippen LogP contribution is 2.02. The monoisotopic (exact) mass is 247 g/mol. The molecule has 0 radical (unpaired) electrons. The van der Waals surface area contributed by atoms with Crippen molar-refractivity contribution in [1.82, 2.24) is 24.4 Å². The Morgan fingerprint density at radius 2 is 1.89 bits per heavy atom. The number of imidazole rings is 2. The largest absolute Gasteiger partial charge is 0.338 e. The molecule has 0 aliphatic rings.